The van der Waals surface area contributed by atoms with E-state index in [0.29, 0.717) is 17.4 Å². The van der Waals surface area contributed by atoms with Gasteiger partial charge in [-0.3, -0.25) is 9.59 Å². The molecule has 1 aliphatic carbocycles. The summed E-state index contributed by atoms with van der Waals surface area (Å²) in [5.41, 5.74) is 2.70. The highest BCUT2D eigenvalue weighted by molar-refractivity contribution is 6.27. The Labute approximate surface area is 200 Å². The van der Waals surface area contributed by atoms with Crippen LogP contribution in [0.2, 0.25) is 0 Å². The van der Waals surface area contributed by atoms with Crippen molar-refractivity contribution < 1.29 is 19.1 Å². The Kier molecular flexibility index (Phi) is 7.43. The van der Waals surface area contributed by atoms with E-state index in [-0.39, 0.29) is 37.1 Å². The van der Waals surface area contributed by atoms with Gasteiger partial charge in [0.05, 0.1) is 0 Å². The van der Waals surface area contributed by atoms with Crippen molar-refractivity contribution >= 4 is 23.4 Å². The molecule has 0 radical (unpaired) electrons. The SMILES string of the molecule is Cc1ccc([C@H](C(=O)NC2CCC(C)CC2)N(Cc2ccc3c(c2)OCO3)C(=O)CCl)cc1. The minimum absolute atomic E-state index is 0.125. The molecule has 1 atom stereocenters. The summed E-state index contributed by atoms with van der Waals surface area (Å²) in [7, 11) is 0. The van der Waals surface area contributed by atoms with Crippen LogP contribution in [0.3, 0.4) is 0 Å². The van der Waals surface area contributed by atoms with Gasteiger partial charge >= 0.3 is 0 Å². The van der Waals surface area contributed by atoms with Gasteiger partial charge in [0, 0.05) is 12.6 Å². The Bertz CT molecular complexity index is 986. The maximum atomic E-state index is 13.6. The van der Waals surface area contributed by atoms with Crippen molar-refractivity contribution in [2.75, 3.05) is 12.7 Å². The monoisotopic (exact) mass is 470 g/mol. The van der Waals surface area contributed by atoms with Crippen molar-refractivity contribution in [1.82, 2.24) is 10.2 Å². The Balaban J connectivity index is 1.63. The van der Waals surface area contributed by atoms with Crippen LogP contribution >= 0.6 is 11.6 Å². The van der Waals surface area contributed by atoms with Gasteiger partial charge in [0.15, 0.2) is 11.5 Å². The summed E-state index contributed by atoms with van der Waals surface area (Å²) in [4.78, 5) is 28.2. The third-order valence-corrected chi connectivity index (χ3v) is 6.77. The van der Waals surface area contributed by atoms with E-state index in [9.17, 15) is 9.59 Å². The van der Waals surface area contributed by atoms with Crippen LogP contribution in [0, 0.1) is 12.8 Å². The highest BCUT2D eigenvalue weighted by atomic mass is 35.5. The third-order valence-electron chi connectivity index (χ3n) is 6.54. The van der Waals surface area contributed by atoms with Crippen LogP contribution in [0.25, 0.3) is 0 Å². The van der Waals surface area contributed by atoms with E-state index in [1.165, 1.54) is 0 Å². The van der Waals surface area contributed by atoms with Gasteiger partial charge in [0.25, 0.3) is 0 Å². The maximum absolute atomic E-state index is 13.6. The quantitative estimate of drug-likeness (QED) is 0.594. The molecule has 1 fully saturated rings. The van der Waals surface area contributed by atoms with E-state index in [2.05, 4.69) is 12.2 Å². The number of ether oxygens (including phenoxy) is 2. The van der Waals surface area contributed by atoms with Crippen molar-refractivity contribution in [3.05, 3.63) is 59.2 Å². The molecule has 0 bridgehead atoms. The minimum Gasteiger partial charge on any atom is -0.454 e. The second-order valence-corrected chi connectivity index (χ2v) is 9.39. The number of halogens is 1. The Morgan fingerprint density at radius 1 is 1.06 bits per heavy atom. The highest BCUT2D eigenvalue weighted by Gasteiger charge is 2.33. The van der Waals surface area contributed by atoms with E-state index in [1.807, 2.05) is 49.4 Å². The van der Waals surface area contributed by atoms with Crippen LogP contribution in [0.5, 0.6) is 11.5 Å². The van der Waals surface area contributed by atoms with Gasteiger partial charge < -0.3 is 19.7 Å². The average molecular weight is 471 g/mol. The van der Waals surface area contributed by atoms with E-state index in [4.69, 9.17) is 21.1 Å². The van der Waals surface area contributed by atoms with E-state index in [1.54, 1.807) is 4.90 Å². The number of hydrogen-bond acceptors (Lipinski definition) is 4. The van der Waals surface area contributed by atoms with E-state index in [0.717, 1.165) is 42.4 Å². The Hall–Kier alpha value is -2.73. The lowest BCUT2D eigenvalue weighted by Gasteiger charge is -2.34. The molecular weight excluding hydrogens is 440 g/mol. The highest BCUT2D eigenvalue weighted by Crippen LogP contribution is 2.34. The lowest BCUT2D eigenvalue weighted by atomic mass is 9.87. The number of carbonyl (C=O) groups is 2. The van der Waals surface area contributed by atoms with Gasteiger partial charge in [-0.05, 0) is 61.8 Å². The fourth-order valence-electron chi connectivity index (χ4n) is 4.54. The first kappa shape index (κ1) is 23.4. The van der Waals surface area contributed by atoms with Crippen molar-refractivity contribution in [3.63, 3.8) is 0 Å². The van der Waals surface area contributed by atoms with Crippen LogP contribution in [-0.4, -0.2) is 35.4 Å². The zero-order valence-corrected chi connectivity index (χ0v) is 19.9. The number of fused-ring (bicyclic) bond motifs is 1. The number of rotatable bonds is 7. The number of nitrogens with one attached hydrogen (secondary N) is 1. The summed E-state index contributed by atoms with van der Waals surface area (Å²) >= 11 is 6.01. The van der Waals surface area contributed by atoms with Gasteiger partial charge in [0.1, 0.15) is 11.9 Å². The molecule has 2 amide bonds. The summed E-state index contributed by atoms with van der Waals surface area (Å²) in [6.07, 6.45) is 4.11. The molecule has 2 aliphatic rings. The van der Waals surface area contributed by atoms with E-state index >= 15 is 0 Å². The summed E-state index contributed by atoms with van der Waals surface area (Å²) in [5, 5.41) is 3.22. The largest absolute Gasteiger partial charge is 0.454 e. The number of carbonyl (C=O) groups excluding carboxylic acids is 2. The first-order valence-corrected chi connectivity index (χ1v) is 12.1. The van der Waals surface area contributed by atoms with Gasteiger partial charge in [-0.25, -0.2) is 0 Å². The molecule has 6 nitrogen and oxygen atoms in total. The molecule has 176 valence electrons. The van der Waals surface area contributed by atoms with Crippen LogP contribution < -0.4 is 14.8 Å². The summed E-state index contributed by atoms with van der Waals surface area (Å²) < 4.78 is 10.9. The molecule has 1 saturated carbocycles. The Morgan fingerprint density at radius 2 is 1.76 bits per heavy atom. The molecule has 0 saturated heterocycles. The molecule has 1 N–H and O–H groups in total. The molecule has 0 aromatic heterocycles. The fourth-order valence-corrected chi connectivity index (χ4v) is 4.70. The van der Waals surface area contributed by atoms with Gasteiger partial charge in [-0.2, -0.15) is 0 Å². The molecule has 0 spiro atoms. The van der Waals surface area contributed by atoms with Crippen LogP contribution in [0.4, 0.5) is 0 Å². The molecule has 2 aromatic rings. The molecule has 33 heavy (non-hydrogen) atoms. The van der Waals surface area contributed by atoms with Crippen molar-refractivity contribution in [2.45, 2.75) is 58.2 Å². The first-order valence-electron chi connectivity index (χ1n) is 11.6. The number of hydrogen-bond donors (Lipinski definition) is 1. The molecule has 7 heteroatoms. The number of amides is 2. The lowest BCUT2D eigenvalue weighted by molar-refractivity contribution is -0.140. The second-order valence-electron chi connectivity index (χ2n) is 9.12. The van der Waals surface area contributed by atoms with Gasteiger partial charge in [-0.1, -0.05) is 42.8 Å². The third kappa shape index (κ3) is 5.61. The van der Waals surface area contributed by atoms with Crippen LogP contribution in [0.15, 0.2) is 42.5 Å². The molecular formula is C26H31ClN2O4. The zero-order valence-electron chi connectivity index (χ0n) is 19.2. The number of nitrogens with zero attached hydrogens (tertiary/aromatic N) is 1. The maximum Gasteiger partial charge on any atom is 0.247 e. The standard InChI is InChI=1S/C26H31ClN2O4/c1-17-3-8-20(9-4-17)25(26(31)28-21-10-5-18(2)6-11-21)29(24(30)14-27)15-19-7-12-22-23(13-19)33-16-32-22/h3-4,7-9,12-13,18,21,25H,5-6,10-11,14-16H2,1-2H3,(H,28,31)/t18?,21?,25-/m1/s1. The van der Waals surface area contributed by atoms with Crippen molar-refractivity contribution in [2.24, 2.45) is 5.92 Å². The smallest absolute Gasteiger partial charge is 0.247 e. The topological polar surface area (TPSA) is 67.9 Å². The van der Waals surface area contributed by atoms with Crippen LogP contribution in [0.1, 0.15) is 55.3 Å². The number of benzene rings is 2. The summed E-state index contributed by atoms with van der Waals surface area (Å²) in [5.74, 6) is 1.32. The molecule has 0 unspecified atom stereocenters. The number of alkyl halides is 1. The van der Waals surface area contributed by atoms with Gasteiger partial charge in [-0.15, -0.1) is 11.6 Å². The predicted octanol–water partition coefficient (Wildman–Crippen LogP) is 4.73. The molecule has 4 rings (SSSR count). The van der Waals surface area contributed by atoms with Crippen LogP contribution in [-0.2, 0) is 16.1 Å². The van der Waals surface area contributed by atoms with Crippen molar-refractivity contribution in [1.29, 1.82) is 0 Å². The normalized spacial score (nSPS) is 20.2. The first-order chi connectivity index (χ1) is 15.9. The lowest BCUT2D eigenvalue weighted by Crippen LogP contribution is -2.47. The predicted molar refractivity (Wildman–Crippen MR) is 127 cm³/mol. The average Bonchev–Trinajstić information content (AvgIpc) is 3.29. The van der Waals surface area contributed by atoms with Gasteiger partial charge in [0.2, 0.25) is 18.6 Å². The Morgan fingerprint density at radius 3 is 2.45 bits per heavy atom. The number of aryl methyl sites for hydroxylation is 1. The fraction of sp³-hybridized carbons (Fsp3) is 0.462. The zero-order chi connectivity index (χ0) is 23.4. The molecule has 2 aromatic carbocycles. The summed E-state index contributed by atoms with van der Waals surface area (Å²) in [6.45, 7) is 4.66. The van der Waals surface area contributed by atoms with E-state index < -0.39 is 6.04 Å². The second kappa shape index (κ2) is 10.5. The minimum atomic E-state index is -0.776. The molecule has 1 aliphatic heterocycles. The summed E-state index contributed by atoms with van der Waals surface area (Å²) in [6, 6.07) is 12.7. The van der Waals surface area contributed by atoms with Crippen molar-refractivity contribution in [3.8, 4) is 11.5 Å². The molecule has 1 heterocycles.